The molecule has 0 saturated heterocycles. The number of aryl methyl sites for hydroxylation is 1. The normalized spacial score (nSPS) is 9.74. The summed E-state index contributed by atoms with van der Waals surface area (Å²) in [5.41, 5.74) is 2.12. The molecule has 8 heteroatoms. The van der Waals surface area contributed by atoms with Crippen LogP contribution in [0, 0.1) is 6.92 Å². The molecule has 1 aromatic heterocycles. The van der Waals surface area contributed by atoms with Crippen LogP contribution in [0.25, 0.3) is 0 Å². The lowest BCUT2D eigenvalue weighted by Crippen LogP contribution is -2.42. The van der Waals surface area contributed by atoms with Gasteiger partial charge in [0.15, 0.2) is 0 Å². The van der Waals surface area contributed by atoms with E-state index < -0.39 is 24.5 Å². The summed E-state index contributed by atoms with van der Waals surface area (Å²) in [6.07, 6.45) is 0. The first-order valence-electron chi connectivity index (χ1n) is 5.51. The average molecular weight is 285 g/mol. The molecule has 0 aliphatic carbocycles. The molecular weight excluding hydrogens is 270 g/mol. The van der Waals surface area contributed by atoms with Gasteiger partial charge in [0.1, 0.15) is 6.54 Å². The molecule has 0 bridgehead atoms. The van der Waals surface area contributed by atoms with E-state index in [1.54, 1.807) is 11.3 Å². The summed E-state index contributed by atoms with van der Waals surface area (Å²) in [5.74, 6) is -1.69. The van der Waals surface area contributed by atoms with Gasteiger partial charge in [0.25, 0.3) is 0 Å². The predicted molar refractivity (Wildman–Crippen MR) is 69.9 cm³/mol. The highest BCUT2D eigenvalue weighted by atomic mass is 32.1. The molecule has 1 rings (SSSR count). The number of nitrogens with one attached hydrogen (secondary N) is 3. The Balaban J connectivity index is 2.19. The van der Waals surface area contributed by atoms with Gasteiger partial charge in [-0.05, 0) is 28.8 Å². The summed E-state index contributed by atoms with van der Waals surface area (Å²) in [6, 6.07) is -0.476. The minimum absolute atomic E-state index is 0.262. The molecule has 0 spiro atoms. The van der Waals surface area contributed by atoms with Crippen LogP contribution in [-0.4, -0.2) is 36.1 Å². The molecule has 1 aromatic rings. The minimum atomic E-state index is -1.13. The highest BCUT2D eigenvalue weighted by Gasteiger charge is 2.07. The van der Waals surface area contributed by atoms with E-state index in [0.29, 0.717) is 6.54 Å². The number of rotatable bonds is 6. The lowest BCUT2D eigenvalue weighted by Gasteiger charge is -2.07. The maximum absolute atomic E-state index is 11.4. The summed E-state index contributed by atoms with van der Waals surface area (Å²) in [7, 11) is 0. The molecule has 0 fully saturated rings. The molecule has 0 atom stereocenters. The topological polar surface area (TPSA) is 108 Å². The first-order valence-corrected chi connectivity index (χ1v) is 6.45. The van der Waals surface area contributed by atoms with Gasteiger partial charge in [-0.3, -0.25) is 9.59 Å². The standard InChI is InChI=1S/C11H15N3O4S/c1-7-5-19-6-8(7)2-13-11(18)14-3-9(15)12-4-10(16)17/h5-6H,2-4H2,1H3,(H,12,15)(H,16,17)(H2,13,14,18). The monoisotopic (exact) mass is 285 g/mol. The highest BCUT2D eigenvalue weighted by Crippen LogP contribution is 2.12. The Morgan fingerprint density at radius 2 is 1.89 bits per heavy atom. The van der Waals surface area contributed by atoms with Crippen molar-refractivity contribution in [1.29, 1.82) is 0 Å². The molecule has 0 radical (unpaired) electrons. The Morgan fingerprint density at radius 1 is 1.16 bits per heavy atom. The van der Waals surface area contributed by atoms with Crippen LogP contribution in [-0.2, 0) is 16.1 Å². The molecule has 1 heterocycles. The Labute approximate surface area is 114 Å². The van der Waals surface area contributed by atoms with Crippen molar-refractivity contribution in [2.24, 2.45) is 0 Å². The van der Waals surface area contributed by atoms with E-state index in [9.17, 15) is 14.4 Å². The summed E-state index contributed by atoms with van der Waals surface area (Å²) >= 11 is 1.55. The number of hydrogen-bond acceptors (Lipinski definition) is 4. The predicted octanol–water partition coefficient (Wildman–Crippen LogP) is 0.0565. The van der Waals surface area contributed by atoms with Crippen molar-refractivity contribution in [3.05, 3.63) is 21.9 Å². The van der Waals surface area contributed by atoms with Gasteiger partial charge in [0.05, 0.1) is 6.54 Å². The van der Waals surface area contributed by atoms with E-state index in [4.69, 9.17) is 5.11 Å². The van der Waals surface area contributed by atoms with Crippen LogP contribution in [0.1, 0.15) is 11.1 Å². The van der Waals surface area contributed by atoms with Crippen LogP contribution in [0.3, 0.4) is 0 Å². The summed E-state index contributed by atoms with van der Waals surface area (Å²) in [4.78, 5) is 32.7. The number of thiophene rings is 1. The molecule has 0 saturated carbocycles. The van der Waals surface area contributed by atoms with E-state index in [-0.39, 0.29) is 6.54 Å². The van der Waals surface area contributed by atoms with Crippen LogP contribution in [0.5, 0.6) is 0 Å². The smallest absolute Gasteiger partial charge is 0.322 e. The van der Waals surface area contributed by atoms with Gasteiger partial charge in [0, 0.05) is 6.54 Å². The fraction of sp³-hybridized carbons (Fsp3) is 0.364. The number of carbonyl (C=O) groups is 3. The molecule has 0 unspecified atom stereocenters. The Kier molecular flexibility index (Phi) is 5.80. The first kappa shape index (κ1) is 15.0. The number of carboxylic acids is 1. The zero-order chi connectivity index (χ0) is 14.3. The Morgan fingerprint density at radius 3 is 2.47 bits per heavy atom. The van der Waals surface area contributed by atoms with Crippen molar-refractivity contribution >= 4 is 29.2 Å². The highest BCUT2D eigenvalue weighted by molar-refractivity contribution is 7.08. The van der Waals surface area contributed by atoms with Gasteiger partial charge in [0.2, 0.25) is 5.91 Å². The fourth-order valence-electron chi connectivity index (χ4n) is 1.20. The van der Waals surface area contributed by atoms with Gasteiger partial charge in [-0.1, -0.05) is 0 Å². The molecule has 19 heavy (non-hydrogen) atoms. The van der Waals surface area contributed by atoms with Gasteiger partial charge in [-0.25, -0.2) is 4.79 Å². The number of amides is 3. The van der Waals surface area contributed by atoms with Gasteiger partial charge in [-0.15, -0.1) is 0 Å². The van der Waals surface area contributed by atoms with Crippen molar-refractivity contribution in [2.75, 3.05) is 13.1 Å². The summed E-state index contributed by atoms with van der Waals surface area (Å²) in [6.45, 7) is 1.61. The quantitative estimate of drug-likeness (QED) is 0.592. The Hall–Kier alpha value is -2.09. The van der Waals surface area contributed by atoms with E-state index in [0.717, 1.165) is 11.1 Å². The molecule has 7 nitrogen and oxygen atoms in total. The van der Waals surface area contributed by atoms with Gasteiger partial charge >= 0.3 is 12.0 Å². The van der Waals surface area contributed by atoms with Crippen LogP contribution in [0.4, 0.5) is 4.79 Å². The van der Waals surface area contributed by atoms with Crippen molar-refractivity contribution < 1.29 is 19.5 Å². The lowest BCUT2D eigenvalue weighted by molar-refractivity contribution is -0.137. The van der Waals surface area contributed by atoms with Crippen molar-refractivity contribution in [2.45, 2.75) is 13.5 Å². The number of carboxylic acid groups (broad SMARTS) is 1. The number of carbonyl (C=O) groups excluding carboxylic acids is 2. The van der Waals surface area contributed by atoms with E-state index in [1.165, 1.54) is 0 Å². The van der Waals surface area contributed by atoms with Crippen molar-refractivity contribution in [3.8, 4) is 0 Å². The number of hydrogen-bond donors (Lipinski definition) is 4. The second-order valence-corrected chi connectivity index (χ2v) is 4.53. The van der Waals surface area contributed by atoms with Crippen LogP contribution in [0.15, 0.2) is 10.8 Å². The number of aliphatic carboxylic acids is 1. The summed E-state index contributed by atoms with van der Waals surface area (Å²) < 4.78 is 0. The third-order valence-corrected chi connectivity index (χ3v) is 3.16. The zero-order valence-corrected chi connectivity index (χ0v) is 11.2. The fourth-order valence-corrected chi connectivity index (χ4v) is 2.06. The number of urea groups is 1. The second kappa shape index (κ2) is 7.37. The molecule has 0 aliphatic rings. The summed E-state index contributed by atoms with van der Waals surface area (Å²) in [5, 5.41) is 19.3. The van der Waals surface area contributed by atoms with E-state index in [2.05, 4.69) is 16.0 Å². The largest absolute Gasteiger partial charge is 0.480 e. The van der Waals surface area contributed by atoms with Crippen LogP contribution >= 0.6 is 11.3 Å². The van der Waals surface area contributed by atoms with Crippen molar-refractivity contribution in [1.82, 2.24) is 16.0 Å². The third-order valence-electron chi connectivity index (χ3n) is 2.25. The minimum Gasteiger partial charge on any atom is -0.480 e. The molecule has 0 aliphatic heterocycles. The van der Waals surface area contributed by atoms with Gasteiger partial charge < -0.3 is 21.1 Å². The van der Waals surface area contributed by atoms with Crippen LogP contribution < -0.4 is 16.0 Å². The molecule has 3 amide bonds. The van der Waals surface area contributed by atoms with Crippen molar-refractivity contribution in [3.63, 3.8) is 0 Å². The second-order valence-electron chi connectivity index (χ2n) is 3.79. The third kappa shape index (κ3) is 5.87. The zero-order valence-electron chi connectivity index (χ0n) is 10.4. The van der Waals surface area contributed by atoms with Gasteiger partial charge in [-0.2, -0.15) is 11.3 Å². The molecular formula is C11H15N3O4S. The van der Waals surface area contributed by atoms with E-state index in [1.807, 2.05) is 17.7 Å². The SMILES string of the molecule is Cc1cscc1CNC(=O)NCC(=O)NCC(=O)O. The molecule has 4 N–H and O–H groups in total. The lowest BCUT2D eigenvalue weighted by atomic mass is 10.2. The maximum atomic E-state index is 11.4. The maximum Gasteiger partial charge on any atom is 0.322 e. The van der Waals surface area contributed by atoms with Crippen LogP contribution in [0.2, 0.25) is 0 Å². The first-order chi connectivity index (χ1) is 8.99. The molecule has 104 valence electrons. The molecule has 0 aromatic carbocycles. The van der Waals surface area contributed by atoms with E-state index >= 15 is 0 Å². The average Bonchev–Trinajstić information content (AvgIpc) is 2.77. The Bertz CT molecular complexity index is 472.